The fraction of sp³-hybridized carbons (Fsp3) is 0.682. The molecule has 3 rings (SSSR count). The average molecular weight is 312 g/mol. The molecule has 0 N–H and O–H groups in total. The Kier molecular flexibility index (Phi) is 5.91. The fourth-order valence-corrected chi connectivity index (χ4v) is 4.83. The zero-order chi connectivity index (χ0) is 16.1. The molecule has 0 spiro atoms. The first-order chi connectivity index (χ1) is 11.3. The zero-order valence-corrected chi connectivity index (χ0v) is 14.7. The second-order valence-electron chi connectivity index (χ2n) is 7.88. The fourth-order valence-electron chi connectivity index (χ4n) is 4.83. The second kappa shape index (κ2) is 8.13. The van der Waals surface area contributed by atoms with E-state index in [4.69, 9.17) is 0 Å². The van der Waals surface area contributed by atoms with Crippen molar-refractivity contribution < 1.29 is 4.79 Å². The summed E-state index contributed by atoms with van der Waals surface area (Å²) in [5, 5.41) is 0. The van der Waals surface area contributed by atoms with Gasteiger partial charge in [0.1, 0.15) is 5.78 Å². The van der Waals surface area contributed by atoms with E-state index in [0.29, 0.717) is 23.5 Å². The van der Waals surface area contributed by atoms with E-state index in [2.05, 4.69) is 37.3 Å². The highest BCUT2D eigenvalue weighted by Crippen LogP contribution is 2.42. The number of hydrogen-bond donors (Lipinski definition) is 0. The summed E-state index contributed by atoms with van der Waals surface area (Å²) in [7, 11) is 0. The van der Waals surface area contributed by atoms with Crippen molar-refractivity contribution in [2.75, 3.05) is 0 Å². The Morgan fingerprint density at radius 1 is 0.957 bits per heavy atom. The van der Waals surface area contributed by atoms with Crippen LogP contribution in [0.15, 0.2) is 30.3 Å². The Bertz CT molecular complexity index is 484. The molecule has 0 aliphatic heterocycles. The van der Waals surface area contributed by atoms with E-state index in [1.54, 1.807) is 0 Å². The first kappa shape index (κ1) is 16.7. The van der Waals surface area contributed by atoms with Gasteiger partial charge in [-0.15, -0.1) is 0 Å². The number of carbonyl (C=O) groups is 1. The van der Waals surface area contributed by atoms with E-state index in [0.717, 1.165) is 18.8 Å². The van der Waals surface area contributed by atoms with Crippen molar-refractivity contribution in [2.24, 2.45) is 17.8 Å². The molecule has 2 saturated carbocycles. The lowest BCUT2D eigenvalue weighted by molar-refractivity contribution is -0.127. The van der Waals surface area contributed by atoms with Gasteiger partial charge in [0.25, 0.3) is 0 Å². The molecule has 0 unspecified atom stereocenters. The van der Waals surface area contributed by atoms with Gasteiger partial charge in [-0.1, -0.05) is 56.5 Å². The Morgan fingerprint density at radius 2 is 1.65 bits per heavy atom. The maximum absolute atomic E-state index is 12.9. The summed E-state index contributed by atoms with van der Waals surface area (Å²) in [4.78, 5) is 12.9. The van der Waals surface area contributed by atoms with Gasteiger partial charge in [-0.25, -0.2) is 0 Å². The molecule has 2 aliphatic carbocycles. The largest absolute Gasteiger partial charge is 0.299 e. The number of benzene rings is 1. The van der Waals surface area contributed by atoms with Crippen LogP contribution in [0.3, 0.4) is 0 Å². The Hall–Kier alpha value is -1.11. The first-order valence-corrected chi connectivity index (χ1v) is 9.86. The van der Waals surface area contributed by atoms with Crippen LogP contribution in [0.5, 0.6) is 0 Å². The normalized spacial score (nSPS) is 31.2. The number of ketones is 1. The predicted molar refractivity (Wildman–Crippen MR) is 96.5 cm³/mol. The van der Waals surface area contributed by atoms with Crippen LogP contribution in [-0.2, 0) is 4.79 Å². The van der Waals surface area contributed by atoms with Crippen LogP contribution >= 0.6 is 0 Å². The molecular formula is C22H32O. The summed E-state index contributed by atoms with van der Waals surface area (Å²) in [6.45, 7) is 2.28. The topological polar surface area (TPSA) is 17.1 Å². The van der Waals surface area contributed by atoms with Crippen LogP contribution in [0.25, 0.3) is 0 Å². The van der Waals surface area contributed by atoms with Gasteiger partial charge in [-0.2, -0.15) is 0 Å². The molecule has 2 aliphatic rings. The molecule has 1 aromatic rings. The molecule has 0 aromatic heterocycles. The van der Waals surface area contributed by atoms with Crippen LogP contribution in [-0.4, -0.2) is 5.78 Å². The second-order valence-corrected chi connectivity index (χ2v) is 7.88. The highest BCUT2D eigenvalue weighted by molar-refractivity contribution is 5.83. The first-order valence-electron chi connectivity index (χ1n) is 9.86. The van der Waals surface area contributed by atoms with E-state index < -0.39 is 0 Å². The zero-order valence-electron chi connectivity index (χ0n) is 14.7. The van der Waals surface area contributed by atoms with Crippen molar-refractivity contribution in [1.29, 1.82) is 0 Å². The standard InChI is InChI=1S/C22H32O/c1-2-3-7-17-10-12-19(13-11-17)22(23)21-15-14-20(16-21)18-8-5-4-6-9-18/h4-6,8-9,17,19-21H,2-3,7,10-16H2,1H3/t17?,19?,20-,21-/m1/s1. The van der Waals surface area contributed by atoms with Gasteiger partial charge < -0.3 is 0 Å². The van der Waals surface area contributed by atoms with E-state index in [1.807, 2.05) is 0 Å². The van der Waals surface area contributed by atoms with E-state index in [-0.39, 0.29) is 0 Å². The predicted octanol–water partition coefficient (Wildman–Crippen LogP) is 6.14. The third-order valence-corrected chi connectivity index (χ3v) is 6.32. The molecule has 0 amide bonds. The summed E-state index contributed by atoms with van der Waals surface area (Å²) in [5.74, 6) is 2.85. The summed E-state index contributed by atoms with van der Waals surface area (Å²) in [5.41, 5.74) is 1.44. The Morgan fingerprint density at radius 3 is 2.35 bits per heavy atom. The van der Waals surface area contributed by atoms with Crippen molar-refractivity contribution in [1.82, 2.24) is 0 Å². The number of hydrogen-bond acceptors (Lipinski definition) is 1. The highest BCUT2D eigenvalue weighted by Gasteiger charge is 2.35. The maximum Gasteiger partial charge on any atom is 0.139 e. The van der Waals surface area contributed by atoms with E-state index in [1.165, 1.54) is 56.9 Å². The number of Topliss-reactive ketones (excluding diaryl/α,β-unsaturated/α-hetero) is 1. The summed E-state index contributed by atoms with van der Waals surface area (Å²) >= 11 is 0. The van der Waals surface area contributed by atoms with Gasteiger partial charge in [0.2, 0.25) is 0 Å². The van der Waals surface area contributed by atoms with Crippen molar-refractivity contribution in [3.05, 3.63) is 35.9 Å². The van der Waals surface area contributed by atoms with E-state index >= 15 is 0 Å². The lowest BCUT2D eigenvalue weighted by atomic mass is 9.75. The van der Waals surface area contributed by atoms with Crippen LogP contribution in [0.4, 0.5) is 0 Å². The monoisotopic (exact) mass is 312 g/mol. The summed E-state index contributed by atoms with van der Waals surface area (Å²) < 4.78 is 0. The molecule has 0 heterocycles. The minimum Gasteiger partial charge on any atom is -0.299 e. The Balaban J connectivity index is 1.48. The lowest BCUT2D eigenvalue weighted by Gasteiger charge is -2.29. The SMILES string of the molecule is CCCCC1CCC(C(=O)[C@@H]2CC[C@@H](c3ccccc3)C2)CC1. The van der Waals surface area contributed by atoms with Crippen molar-refractivity contribution in [2.45, 2.75) is 77.0 Å². The van der Waals surface area contributed by atoms with Crippen molar-refractivity contribution in [3.8, 4) is 0 Å². The number of rotatable bonds is 6. The third-order valence-electron chi connectivity index (χ3n) is 6.32. The van der Waals surface area contributed by atoms with Gasteiger partial charge in [0.15, 0.2) is 0 Å². The molecule has 0 saturated heterocycles. The number of carbonyl (C=O) groups excluding carboxylic acids is 1. The molecule has 0 bridgehead atoms. The summed E-state index contributed by atoms with van der Waals surface area (Å²) in [6, 6.07) is 10.8. The maximum atomic E-state index is 12.9. The van der Waals surface area contributed by atoms with Crippen molar-refractivity contribution in [3.63, 3.8) is 0 Å². The average Bonchev–Trinajstić information content (AvgIpc) is 3.11. The van der Waals surface area contributed by atoms with Crippen LogP contribution in [0, 0.1) is 17.8 Å². The van der Waals surface area contributed by atoms with E-state index in [9.17, 15) is 4.79 Å². The van der Waals surface area contributed by atoms with Gasteiger partial charge in [0, 0.05) is 11.8 Å². The molecule has 2 fully saturated rings. The van der Waals surface area contributed by atoms with Crippen molar-refractivity contribution >= 4 is 5.78 Å². The minimum atomic E-state index is 0.345. The minimum absolute atomic E-state index is 0.345. The van der Waals surface area contributed by atoms with Crippen LogP contribution < -0.4 is 0 Å². The molecule has 23 heavy (non-hydrogen) atoms. The van der Waals surface area contributed by atoms with Gasteiger partial charge in [-0.3, -0.25) is 4.79 Å². The molecule has 1 nitrogen and oxygen atoms in total. The number of unbranched alkanes of at least 4 members (excludes halogenated alkanes) is 1. The molecule has 0 radical (unpaired) electrons. The quantitative estimate of drug-likeness (QED) is 0.617. The van der Waals surface area contributed by atoms with Gasteiger partial charge >= 0.3 is 0 Å². The lowest BCUT2D eigenvalue weighted by Crippen LogP contribution is -2.26. The molecule has 126 valence electrons. The van der Waals surface area contributed by atoms with Crippen LogP contribution in [0.2, 0.25) is 0 Å². The van der Waals surface area contributed by atoms with Gasteiger partial charge in [-0.05, 0) is 62.3 Å². The molecular weight excluding hydrogens is 280 g/mol. The van der Waals surface area contributed by atoms with Crippen LogP contribution in [0.1, 0.15) is 82.6 Å². The smallest absolute Gasteiger partial charge is 0.139 e. The molecule has 2 atom stereocenters. The summed E-state index contributed by atoms with van der Waals surface area (Å²) in [6.07, 6.45) is 12.4. The highest BCUT2D eigenvalue weighted by atomic mass is 16.1. The molecule has 1 aromatic carbocycles. The Labute approximate surface area is 141 Å². The molecule has 1 heteroatoms. The van der Waals surface area contributed by atoms with Gasteiger partial charge in [0.05, 0.1) is 0 Å². The third kappa shape index (κ3) is 4.25.